The second-order valence-electron chi connectivity index (χ2n) is 19.2. The fourth-order valence-electron chi connectivity index (χ4n) is 8.54. The van der Waals surface area contributed by atoms with Crippen LogP contribution in [0.3, 0.4) is 0 Å². The number of esters is 3. The van der Waals surface area contributed by atoms with Crippen molar-refractivity contribution in [1.82, 2.24) is 0 Å². The molecule has 13 atom stereocenters. The summed E-state index contributed by atoms with van der Waals surface area (Å²) >= 11 is 12.3. The lowest BCUT2D eigenvalue weighted by Gasteiger charge is -2.47. The van der Waals surface area contributed by atoms with Crippen LogP contribution in [0.5, 0.6) is 11.5 Å². The van der Waals surface area contributed by atoms with Gasteiger partial charge < -0.3 is 68.5 Å². The number of Topliss-reactive ketones (excluding diaryl/α,β-unsaturated/α-hetero) is 1. The minimum absolute atomic E-state index is 0.0305. The molecule has 3 heterocycles. The van der Waals surface area contributed by atoms with Crippen LogP contribution in [0.4, 0.5) is 0 Å². The number of carbonyl (C=O) groups excluding carboxylic acids is 4. The Morgan fingerprint density at radius 2 is 1.57 bits per heavy atom. The molecule has 0 aliphatic carbocycles. The molecule has 2 fully saturated rings. The van der Waals surface area contributed by atoms with Gasteiger partial charge in [-0.3, -0.25) is 9.59 Å². The highest BCUT2D eigenvalue weighted by atomic mass is 35.5. The van der Waals surface area contributed by atoms with Gasteiger partial charge in [0.25, 0.3) is 0 Å². The van der Waals surface area contributed by atoms with Crippen molar-refractivity contribution in [2.24, 2.45) is 11.8 Å². The molecule has 0 saturated carbocycles. The molecule has 18 nitrogen and oxygen atoms in total. The second-order valence-corrected chi connectivity index (χ2v) is 19.9. The lowest BCUT2D eigenvalue weighted by Crippen LogP contribution is -2.64. The summed E-state index contributed by atoms with van der Waals surface area (Å²) in [6.07, 6.45) is -4.94. The van der Waals surface area contributed by atoms with E-state index in [0.29, 0.717) is 23.1 Å². The van der Waals surface area contributed by atoms with Crippen LogP contribution in [0.25, 0.3) is 0 Å². The molecule has 2 saturated heterocycles. The van der Waals surface area contributed by atoms with Gasteiger partial charge in [-0.1, -0.05) is 86.9 Å². The molecular weight excluding hydrogens is 983 g/mol. The third-order valence-electron chi connectivity index (χ3n) is 12.9. The molecule has 402 valence electrons. The number of ketones is 1. The summed E-state index contributed by atoms with van der Waals surface area (Å²) in [6.45, 7) is 17.7. The van der Waals surface area contributed by atoms with Crippen molar-refractivity contribution < 1.29 is 87.7 Å². The van der Waals surface area contributed by atoms with Crippen molar-refractivity contribution in [2.75, 3.05) is 13.7 Å². The number of allylic oxidation sites excluding steroid dienone is 4. The van der Waals surface area contributed by atoms with Crippen LogP contribution in [0, 0.1) is 11.8 Å². The highest BCUT2D eigenvalue weighted by Gasteiger charge is 2.53. The van der Waals surface area contributed by atoms with Crippen molar-refractivity contribution in [3.8, 4) is 11.5 Å². The van der Waals surface area contributed by atoms with Crippen LogP contribution in [-0.2, 0) is 58.7 Å². The minimum atomic E-state index is -1.62. The van der Waals surface area contributed by atoms with Gasteiger partial charge in [0.05, 0.1) is 41.4 Å². The van der Waals surface area contributed by atoms with E-state index in [1.165, 1.54) is 33.1 Å². The van der Waals surface area contributed by atoms with Gasteiger partial charge >= 0.3 is 17.9 Å². The number of halogens is 2. The Balaban J connectivity index is 1.61. The number of phenolic OH excluding ortho intramolecular Hbond substituents is 2. The first kappa shape index (κ1) is 60.4. The van der Waals surface area contributed by atoms with Gasteiger partial charge in [0.1, 0.15) is 40.6 Å². The molecule has 1 aromatic rings. The van der Waals surface area contributed by atoms with Crippen LogP contribution in [0.1, 0.15) is 111 Å². The van der Waals surface area contributed by atoms with E-state index in [1.807, 2.05) is 26.0 Å². The van der Waals surface area contributed by atoms with E-state index < -0.39 is 143 Å². The normalized spacial score (nSPS) is 34.3. The summed E-state index contributed by atoms with van der Waals surface area (Å²) in [4.78, 5) is 52.9. The molecule has 6 N–H and O–H groups in total. The molecule has 72 heavy (non-hydrogen) atoms. The summed E-state index contributed by atoms with van der Waals surface area (Å²) in [7, 11) is 1.25. The summed E-state index contributed by atoms with van der Waals surface area (Å²) in [6, 6.07) is 0. The number of methoxy groups -OCH3 is 1. The fourth-order valence-corrected chi connectivity index (χ4v) is 9.10. The number of rotatable bonds is 13. The molecule has 1 aromatic carbocycles. The van der Waals surface area contributed by atoms with E-state index in [9.17, 15) is 49.8 Å². The summed E-state index contributed by atoms with van der Waals surface area (Å²) < 4.78 is 47.3. The molecule has 1 unspecified atom stereocenters. The molecule has 0 spiro atoms. The van der Waals surface area contributed by atoms with Gasteiger partial charge in [0, 0.05) is 19.4 Å². The Morgan fingerprint density at radius 3 is 2.17 bits per heavy atom. The number of aliphatic hydroxyl groups is 4. The summed E-state index contributed by atoms with van der Waals surface area (Å²) in [5.74, 6) is -5.34. The highest BCUT2D eigenvalue weighted by molar-refractivity contribution is 6.39. The summed E-state index contributed by atoms with van der Waals surface area (Å²) in [5, 5.41) is 65.6. The zero-order chi connectivity index (χ0) is 54.1. The third kappa shape index (κ3) is 14.6. The fraction of sp³-hybridized carbons (Fsp3) is 0.615. The van der Waals surface area contributed by atoms with E-state index >= 15 is 0 Å². The van der Waals surface area contributed by atoms with Crippen LogP contribution in [-0.4, -0.2) is 147 Å². The predicted molar refractivity (Wildman–Crippen MR) is 264 cm³/mol. The average molecular weight is 1060 g/mol. The lowest BCUT2D eigenvalue weighted by atomic mass is 9.88. The van der Waals surface area contributed by atoms with Crippen LogP contribution in [0.2, 0.25) is 10.0 Å². The smallest absolute Gasteiger partial charge is 0.342 e. The molecular formula is C52H72Cl2O18. The first-order valence-corrected chi connectivity index (χ1v) is 24.7. The molecule has 20 heteroatoms. The monoisotopic (exact) mass is 1050 g/mol. The Bertz CT molecular complexity index is 2270. The van der Waals surface area contributed by atoms with Crippen molar-refractivity contribution in [3.05, 3.63) is 79.9 Å². The maximum atomic E-state index is 13.9. The predicted octanol–water partition coefficient (Wildman–Crippen LogP) is 6.44. The first-order valence-electron chi connectivity index (χ1n) is 24.0. The molecule has 0 radical (unpaired) electrons. The topological polar surface area (TPSA) is 263 Å². The molecule has 0 aromatic heterocycles. The van der Waals surface area contributed by atoms with Gasteiger partial charge in [0.15, 0.2) is 48.2 Å². The average Bonchev–Trinajstić information content (AvgIpc) is 3.32. The number of ether oxygens (including phenoxy) is 8. The quantitative estimate of drug-likeness (QED) is 0.0705. The maximum Gasteiger partial charge on any atom is 0.342 e. The van der Waals surface area contributed by atoms with E-state index in [1.54, 1.807) is 60.6 Å². The van der Waals surface area contributed by atoms with Gasteiger partial charge in [-0.2, -0.15) is 0 Å². The molecule has 3 aliphatic rings. The number of aliphatic hydroxyl groups excluding tert-OH is 4. The Hall–Kier alpha value is -4.18. The van der Waals surface area contributed by atoms with Crippen LogP contribution in [0.15, 0.2) is 58.7 Å². The number of hydrogen-bond acceptors (Lipinski definition) is 18. The van der Waals surface area contributed by atoms with Gasteiger partial charge in [0.2, 0.25) is 0 Å². The van der Waals surface area contributed by atoms with Crippen LogP contribution < -0.4 is 0 Å². The Kier molecular flexibility index (Phi) is 22.1. The van der Waals surface area contributed by atoms with E-state index in [-0.39, 0.29) is 35.4 Å². The molecule has 0 amide bonds. The SMILES string of the molecule is CCc1c(Cl)c(O)c(Cl)c(O)c1C(=O)O[C@H]1[C@H](O)[C@H](OC)C(OC/C2=C\C=C\C[C@H](O)/C(C)=C/[C@H](CC)[C@@H](O[C@@H]3OC(C)(C)[C@@H](OC(=O)C(C)C)[C@H](O)[C@@H]3O)/C(C)=C/C(C)=C/C[C@@H](C(C)=O)OC2=O)O[C@@H]1C. The standard InChI is InChI=1S/C52H72Cl2O18/c1-13-30-22-26(6)33(56)18-16-15-17-31(23-66-51-45(65-12)42(61)44(29(9)67-51)69-49(64)35-32(14-2)36(53)39(58)37(54)38(35)57)48(63)68-34(28(8)55)20-19-25(5)21-27(7)43(30)70-50-41(60)40(59)46(52(10,11)72-50)71-47(62)24(3)4/h15-17,19,21-22,24,29-30,33-34,40-46,50-51,56-61H,13-14,18,20,23H2,1-12H3/b16-15+,25-19+,26-22+,27-21+,31-17+/t29-,30+,33+,34+,40-,41+,42+,43+,44-,45+,46+,50-,51?/m1/s1. The van der Waals surface area contributed by atoms with Gasteiger partial charge in [-0.05, 0) is 90.5 Å². The highest BCUT2D eigenvalue weighted by Crippen LogP contribution is 2.45. The third-order valence-corrected chi connectivity index (χ3v) is 13.6. The molecule has 0 bridgehead atoms. The Labute approximate surface area is 431 Å². The number of cyclic esters (lactones) is 1. The molecule has 4 rings (SSSR count). The largest absolute Gasteiger partial charge is 0.505 e. The summed E-state index contributed by atoms with van der Waals surface area (Å²) in [5.41, 5.74) is 0.184. The number of hydrogen-bond donors (Lipinski definition) is 6. The van der Waals surface area contributed by atoms with Crippen molar-refractivity contribution >= 4 is 46.9 Å². The van der Waals surface area contributed by atoms with Crippen molar-refractivity contribution in [1.29, 1.82) is 0 Å². The lowest BCUT2D eigenvalue weighted by molar-refractivity contribution is -0.333. The minimum Gasteiger partial charge on any atom is -0.505 e. The molecule has 3 aliphatic heterocycles. The Morgan fingerprint density at radius 1 is 0.903 bits per heavy atom. The number of benzene rings is 1. The second kappa shape index (κ2) is 26.3. The number of aromatic hydroxyl groups is 2. The number of carbonyl (C=O) groups is 4. The number of phenols is 2. The van der Waals surface area contributed by atoms with E-state index in [0.717, 1.165) is 0 Å². The van der Waals surface area contributed by atoms with E-state index in [2.05, 4.69) is 0 Å². The van der Waals surface area contributed by atoms with E-state index in [4.69, 9.17) is 61.1 Å². The van der Waals surface area contributed by atoms with Crippen molar-refractivity contribution in [3.63, 3.8) is 0 Å². The first-order chi connectivity index (χ1) is 33.7. The van der Waals surface area contributed by atoms with Gasteiger partial charge in [-0.25, -0.2) is 9.59 Å². The van der Waals surface area contributed by atoms with Gasteiger partial charge in [-0.15, -0.1) is 0 Å². The van der Waals surface area contributed by atoms with Crippen LogP contribution >= 0.6 is 23.2 Å². The maximum absolute atomic E-state index is 13.9. The van der Waals surface area contributed by atoms with Crippen molar-refractivity contribution in [2.45, 2.75) is 181 Å². The zero-order valence-electron chi connectivity index (χ0n) is 42.9. The zero-order valence-corrected chi connectivity index (χ0v) is 44.4.